The lowest BCUT2D eigenvalue weighted by molar-refractivity contribution is -0.139. The smallest absolute Gasteiger partial charge is 0.244 e. The van der Waals surface area contributed by atoms with Gasteiger partial charge in [-0.2, -0.15) is 0 Å². The number of carbonyl (C=O) groups is 3. The van der Waals surface area contributed by atoms with E-state index in [4.69, 9.17) is 0 Å². The van der Waals surface area contributed by atoms with E-state index in [0.717, 1.165) is 52.7 Å². The van der Waals surface area contributed by atoms with Crippen LogP contribution in [0.2, 0.25) is 0 Å². The zero-order chi connectivity index (χ0) is 27.2. The zero-order valence-electron chi connectivity index (χ0n) is 21.4. The van der Waals surface area contributed by atoms with Crippen molar-refractivity contribution in [1.82, 2.24) is 10.2 Å². The summed E-state index contributed by atoms with van der Waals surface area (Å²) in [5.41, 5.74) is 1.35. The van der Waals surface area contributed by atoms with E-state index in [1.165, 1.54) is 17.9 Å². The first-order chi connectivity index (χ1) is 17.5. The molecule has 37 heavy (non-hydrogen) atoms. The summed E-state index contributed by atoms with van der Waals surface area (Å²) in [6.07, 6.45) is 6.10. The Morgan fingerprint density at radius 1 is 1.05 bits per heavy atom. The van der Waals surface area contributed by atoms with Crippen LogP contribution >= 0.6 is 15.9 Å². The van der Waals surface area contributed by atoms with Crippen LogP contribution in [-0.2, 0) is 26.2 Å². The number of hydrogen-bond acceptors (Lipinski definition) is 5. The molecule has 2 amide bonds. The van der Waals surface area contributed by atoms with Crippen LogP contribution < -0.4 is 9.62 Å². The van der Waals surface area contributed by atoms with Crippen molar-refractivity contribution in [3.63, 3.8) is 0 Å². The maximum absolute atomic E-state index is 13.7. The van der Waals surface area contributed by atoms with Gasteiger partial charge in [0, 0.05) is 22.6 Å². The SMILES string of the molecule is CC(=O)c1cccc(N(CC(=O)N(Cc2cccc(Br)c2)[C@@H](C)C(=O)NC2CCCCC2)S(C)(=O)=O)c1. The quantitative estimate of drug-likeness (QED) is 0.415. The van der Waals surface area contributed by atoms with E-state index in [1.807, 2.05) is 24.3 Å². The lowest BCUT2D eigenvalue weighted by Gasteiger charge is -2.33. The third-order valence-electron chi connectivity index (χ3n) is 6.58. The van der Waals surface area contributed by atoms with E-state index in [9.17, 15) is 22.8 Å². The first-order valence-electron chi connectivity index (χ1n) is 12.4. The van der Waals surface area contributed by atoms with Gasteiger partial charge in [-0.3, -0.25) is 18.7 Å². The Kier molecular flexibility index (Phi) is 9.89. The highest BCUT2D eigenvalue weighted by Crippen LogP contribution is 2.22. The number of ketones is 1. The van der Waals surface area contributed by atoms with Gasteiger partial charge in [-0.25, -0.2) is 8.42 Å². The Hall–Kier alpha value is -2.72. The number of halogens is 1. The molecule has 1 saturated carbocycles. The highest BCUT2D eigenvalue weighted by atomic mass is 79.9. The van der Waals surface area contributed by atoms with Gasteiger partial charge in [0.15, 0.2) is 5.78 Å². The minimum atomic E-state index is -3.87. The molecule has 8 nitrogen and oxygen atoms in total. The van der Waals surface area contributed by atoms with Crippen LogP contribution in [-0.4, -0.2) is 55.8 Å². The predicted molar refractivity (Wildman–Crippen MR) is 148 cm³/mol. The first kappa shape index (κ1) is 28.8. The molecule has 2 aromatic carbocycles. The molecule has 0 radical (unpaired) electrons. The number of hydrogen-bond donors (Lipinski definition) is 1. The second-order valence-electron chi connectivity index (χ2n) is 9.55. The Morgan fingerprint density at radius 3 is 2.35 bits per heavy atom. The van der Waals surface area contributed by atoms with Crippen molar-refractivity contribution >= 4 is 49.2 Å². The topological polar surface area (TPSA) is 104 Å². The molecular formula is C27H34BrN3O5S. The Labute approximate surface area is 227 Å². The number of nitrogens with zero attached hydrogens (tertiary/aromatic N) is 2. The average Bonchev–Trinajstić information content (AvgIpc) is 2.85. The molecule has 1 N–H and O–H groups in total. The van der Waals surface area contributed by atoms with Crippen molar-refractivity contribution in [2.24, 2.45) is 0 Å². The lowest BCUT2D eigenvalue weighted by atomic mass is 9.95. The average molecular weight is 593 g/mol. The third-order valence-corrected chi connectivity index (χ3v) is 8.21. The minimum absolute atomic E-state index is 0.0772. The molecule has 0 aromatic heterocycles. The largest absolute Gasteiger partial charge is 0.352 e. The predicted octanol–water partition coefficient (Wildman–Crippen LogP) is 4.28. The fourth-order valence-corrected chi connectivity index (χ4v) is 5.77. The maximum Gasteiger partial charge on any atom is 0.244 e. The Morgan fingerprint density at radius 2 is 1.73 bits per heavy atom. The number of rotatable bonds is 10. The highest BCUT2D eigenvalue weighted by Gasteiger charge is 2.31. The summed E-state index contributed by atoms with van der Waals surface area (Å²) in [5.74, 6) is -1.00. The van der Waals surface area contributed by atoms with Gasteiger partial charge in [0.1, 0.15) is 12.6 Å². The van der Waals surface area contributed by atoms with Gasteiger partial charge < -0.3 is 10.2 Å². The van der Waals surface area contributed by atoms with Gasteiger partial charge in [0.2, 0.25) is 21.8 Å². The Bertz CT molecular complexity index is 1240. The first-order valence-corrected chi connectivity index (χ1v) is 15.0. The summed E-state index contributed by atoms with van der Waals surface area (Å²) in [6.45, 7) is 2.68. The monoisotopic (exact) mass is 591 g/mol. The van der Waals surface area contributed by atoms with Crippen molar-refractivity contribution < 1.29 is 22.8 Å². The van der Waals surface area contributed by atoms with Crippen LogP contribution in [0.4, 0.5) is 5.69 Å². The fourth-order valence-electron chi connectivity index (χ4n) is 4.48. The molecule has 1 aliphatic carbocycles. The number of amides is 2. The van der Waals surface area contributed by atoms with Crippen LogP contribution in [0.5, 0.6) is 0 Å². The van der Waals surface area contributed by atoms with Gasteiger partial charge in [-0.15, -0.1) is 0 Å². The number of anilines is 1. The van der Waals surface area contributed by atoms with Gasteiger partial charge in [0.25, 0.3) is 0 Å². The summed E-state index contributed by atoms with van der Waals surface area (Å²) in [7, 11) is -3.87. The highest BCUT2D eigenvalue weighted by molar-refractivity contribution is 9.10. The number of benzene rings is 2. The second-order valence-corrected chi connectivity index (χ2v) is 12.4. The van der Waals surface area contributed by atoms with Crippen LogP contribution in [0.3, 0.4) is 0 Å². The number of Topliss-reactive ketones (excluding diaryl/α,β-unsaturated/α-hetero) is 1. The van der Waals surface area contributed by atoms with E-state index in [1.54, 1.807) is 25.1 Å². The molecule has 0 unspecified atom stereocenters. The molecule has 10 heteroatoms. The van der Waals surface area contributed by atoms with Gasteiger partial charge in [-0.1, -0.05) is 59.5 Å². The summed E-state index contributed by atoms with van der Waals surface area (Å²) in [4.78, 5) is 40.2. The van der Waals surface area contributed by atoms with E-state index in [0.29, 0.717) is 5.56 Å². The molecule has 0 aliphatic heterocycles. The van der Waals surface area contributed by atoms with E-state index in [2.05, 4.69) is 21.2 Å². The molecule has 0 saturated heterocycles. The summed E-state index contributed by atoms with van der Waals surface area (Å²) >= 11 is 3.44. The molecule has 1 aliphatic rings. The fraction of sp³-hybridized carbons (Fsp3) is 0.444. The lowest BCUT2D eigenvalue weighted by Crippen LogP contribution is -2.53. The van der Waals surface area contributed by atoms with E-state index in [-0.39, 0.29) is 30.0 Å². The summed E-state index contributed by atoms with van der Waals surface area (Å²) in [5, 5.41) is 3.07. The molecule has 1 atom stereocenters. The minimum Gasteiger partial charge on any atom is -0.352 e. The zero-order valence-corrected chi connectivity index (χ0v) is 23.8. The number of nitrogens with one attached hydrogen (secondary N) is 1. The molecule has 0 spiro atoms. The summed E-state index contributed by atoms with van der Waals surface area (Å²) in [6, 6.07) is 12.8. The van der Waals surface area contributed by atoms with E-state index < -0.39 is 28.5 Å². The number of sulfonamides is 1. The molecule has 200 valence electrons. The van der Waals surface area contributed by atoms with Crippen molar-refractivity contribution in [3.8, 4) is 0 Å². The summed E-state index contributed by atoms with van der Waals surface area (Å²) < 4.78 is 27.3. The van der Waals surface area contributed by atoms with Crippen molar-refractivity contribution in [1.29, 1.82) is 0 Å². The molecule has 3 rings (SSSR count). The molecule has 0 bridgehead atoms. The van der Waals surface area contributed by atoms with Gasteiger partial charge >= 0.3 is 0 Å². The standard InChI is InChI=1S/C27H34BrN3O5S/c1-19(27(34)29-24-12-5-4-6-13-24)30(17-21-9-7-11-23(28)15-21)26(33)18-31(37(3,35)36)25-14-8-10-22(16-25)20(2)32/h7-11,14-16,19,24H,4-6,12-13,17-18H2,1-3H3,(H,29,34)/t19-/m0/s1. The normalized spacial score (nSPS) is 15.0. The molecular weight excluding hydrogens is 558 g/mol. The van der Waals surface area contributed by atoms with Crippen molar-refractivity contribution in [2.75, 3.05) is 17.1 Å². The van der Waals surface area contributed by atoms with Gasteiger partial charge in [-0.05, 0) is 56.5 Å². The van der Waals surface area contributed by atoms with Gasteiger partial charge in [0.05, 0.1) is 11.9 Å². The van der Waals surface area contributed by atoms with E-state index >= 15 is 0 Å². The van der Waals surface area contributed by atoms with Crippen LogP contribution in [0, 0.1) is 0 Å². The van der Waals surface area contributed by atoms with Crippen LogP contribution in [0.15, 0.2) is 53.0 Å². The molecule has 1 fully saturated rings. The molecule has 0 heterocycles. The second kappa shape index (κ2) is 12.7. The van der Waals surface area contributed by atoms with Crippen molar-refractivity contribution in [2.45, 2.75) is 64.6 Å². The Balaban J connectivity index is 1.90. The number of carbonyl (C=O) groups excluding carboxylic acids is 3. The molecule has 2 aromatic rings. The van der Waals surface area contributed by atoms with Crippen molar-refractivity contribution in [3.05, 3.63) is 64.1 Å². The van der Waals surface area contributed by atoms with Crippen LogP contribution in [0.25, 0.3) is 0 Å². The maximum atomic E-state index is 13.7. The van der Waals surface area contributed by atoms with Crippen LogP contribution in [0.1, 0.15) is 61.9 Å². The third kappa shape index (κ3) is 8.13.